The third-order valence-electron chi connectivity index (χ3n) is 5.05. The number of halogens is 1. The van der Waals surface area contributed by atoms with E-state index in [1.54, 1.807) is 24.3 Å². The standard InChI is InChI=1S/C23H21ClN4O3/c1-13(2)22-26-23(31-27-22)16-11-21(30)28(19-10-5-4-7-15(16)19)12-20(29)25-18-9-6-8-17(24)14(18)3/h4-11,13H,12H2,1-3H3,(H,25,29). The van der Waals surface area contributed by atoms with Gasteiger partial charge in [-0.1, -0.05) is 54.9 Å². The number of hydrogen-bond donors (Lipinski definition) is 1. The molecule has 158 valence electrons. The van der Waals surface area contributed by atoms with Crippen LogP contribution in [-0.4, -0.2) is 20.6 Å². The second kappa shape index (κ2) is 8.35. The summed E-state index contributed by atoms with van der Waals surface area (Å²) in [6.45, 7) is 5.60. The number of nitrogens with one attached hydrogen (secondary N) is 1. The summed E-state index contributed by atoms with van der Waals surface area (Å²) < 4.78 is 6.82. The first-order valence-corrected chi connectivity index (χ1v) is 10.2. The fraction of sp³-hybridized carbons (Fsp3) is 0.217. The number of amides is 1. The van der Waals surface area contributed by atoms with Gasteiger partial charge in [0.05, 0.1) is 11.1 Å². The van der Waals surface area contributed by atoms with Crippen molar-refractivity contribution in [1.82, 2.24) is 14.7 Å². The number of carbonyl (C=O) groups excluding carboxylic acids is 1. The predicted octanol–water partition coefficient (Wildman–Crippen LogP) is 4.78. The fourth-order valence-electron chi connectivity index (χ4n) is 3.33. The van der Waals surface area contributed by atoms with Gasteiger partial charge in [-0.15, -0.1) is 0 Å². The average Bonchev–Trinajstić information content (AvgIpc) is 3.24. The van der Waals surface area contributed by atoms with Crippen molar-refractivity contribution >= 4 is 34.1 Å². The van der Waals surface area contributed by atoms with Crippen molar-refractivity contribution in [1.29, 1.82) is 0 Å². The molecule has 0 atom stereocenters. The zero-order valence-electron chi connectivity index (χ0n) is 17.3. The van der Waals surface area contributed by atoms with Crippen LogP contribution in [0, 0.1) is 6.92 Å². The molecule has 0 saturated heterocycles. The largest absolute Gasteiger partial charge is 0.334 e. The summed E-state index contributed by atoms with van der Waals surface area (Å²) in [5.41, 5.74) is 2.19. The van der Waals surface area contributed by atoms with Crippen molar-refractivity contribution in [2.45, 2.75) is 33.2 Å². The highest BCUT2D eigenvalue weighted by Crippen LogP contribution is 2.27. The van der Waals surface area contributed by atoms with E-state index in [4.69, 9.17) is 16.1 Å². The van der Waals surface area contributed by atoms with E-state index in [0.717, 1.165) is 10.9 Å². The summed E-state index contributed by atoms with van der Waals surface area (Å²) in [7, 11) is 0. The Morgan fingerprint density at radius 3 is 2.71 bits per heavy atom. The summed E-state index contributed by atoms with van der Waals surface area (Å²) in [4.78, 5) is 30.1. The maximum Gasteiger partial charge on any atom is 0.258 e. The molecule has 8 heteroatoms. The van der Waals surface area contributed by atoms with Gasteiger partial charge in [-0.25, -0.2) is 0 Å². The van der Waals surface area contributed by atoms with Gasteiger partial charge in [0.1, 0.15) is 6.54 Å². The molecule has 0 aliphatic carbocycles. The molecule has 0 bridgehead atoms. The molecule has 0 spiro atoms. The Morgan fingerprint density at radius 1 is 1.19 bits per heavy atom. The molecule has 0 aliphatic rings. The van der Waals surface area contributed by atoms with Crippen molar-refractivity contribution < 1.29 is 9.32 Å². The van der Waals surface area contributed by atoms with E-state index in [-0.39, 0.29) is 29.8 Å². The Balaban J connectivity index is 1.72. The summed E-state index contributed by atoms with van der Waals surface area (Å²) in [5.74, 6) is 0.621. The van der Waals surface area contributed by atoms with Crippen LogP contribution in [0.3, 0.4) is 0 Å². The van der Waals surface area contributed by atoms with Gasteiger partial charge in [0.15, 0.2) is 5.82 Å². The van der Waals surface area contributed by atoms with E-state index in [9.17, 15) is 9.59 Å². The van der Waals surface area contributed by atoms with E-state index in [0.29, 0.717) is 27.6 Å². The van der Waals surface area contributed by atoms with Gasteiger partial charge in [0.2, 0.25) is 5.91 Å². The normalized spacial score (nSPS) is 11.3. The van der Waals surface area contributed by atoms with Crippen molar-refractivity contribution in [2.24, 2.45) is 0 Å². The minimum Gasteiger partial charge on any atom is -0.334 e. The minimum atomic E-state index is -0.337. The molecule has 2 aromatic heterocycles. The van der Waals surface area contributed by atoms with Crippen LogP contribution in [0.15, 0.2) is 57.8 Å². The topological polar surface area (TPSA) is 90.0 Å². The fourth-order valence-corrected chi connectivity index (χ4v) is 3.50. The molecular formula is C23H21ClN4O3. The van der Waals surface area contributed by atoms with Crippen molar-refractivity contribution in [3.8, 4) is 11.5 Å². The molecule has 2 aromatic carbocycles. The first-order chi connectivity index (χ1) is 14.8. The number of nitrogens with zero attached hydrogens (tertiary/aromatic N) is 3. The summed E-state index contributed by atoms with van der Waals surface area (Å²) in [6, 6.07) is 14.0. The van der Waals surface area contributed by atoms with Gasteiger partial charge >= 0.3 is 0 Å². The monoisotopic (exact) mass is 436 g/mol. The maximum atomic E-state index is 12.9. The van der Waals surface area contributed by atoms with E-state index < -0.39 is 0 Å². The Kier molecular flexibility index (Phi) is 5.61. The molecule has 0 aliphatic heterocycles. The van der Waals surface area contributed by atoms with Gasteiger partial charge in [-0.2, -0.15) is 4.98 Å². The van der Waals surface area contributed by atoms with Crippen LogP contribution in [0.1, 0.15) is 31.2 Å². The summed E-state index contributed by atoms with van der Waals surface area (Å²) >= 11 is 6.13. The number of anilines is 1. The van der Waals surface area contributed by atoms with Crippen LogP contribution in [0.5, 0.6) is 0 Å². The number of rotatable bonds is 5. The van der Waals surface area contributed by atoms with Crippen LogP contribution in [0.4, 0.5) is 5.69 Å². The third-order valence-corrected chi connectivity index (χ3v) is 5.46. The second-order valence-electron chi connectivity index (χ2n) is 7.57. The number of para-hydroxylation sites is 1. The Bertz CT molecular complexity index is 1340. The molecular weight excluding hydrogens is 416 g/mol. The predicted molar refractivity (Wildman–Crippen MR) is 120 cm³/mol. The molecule has 0 saturated carbocycles. The highest BCUT2D eigenvalue weighted by Gasteiger charge is 2.18. The zero-order valence-corrected chi connectivity index (χ0v) is 18.1. The lowest BCUT2D eigenvalue weighted by Gasteiger charge is -2.13. The molecule has 0 unspecified atom stereocenters. The molecule has 7 nitrogen and oxygen atoms in total. The first kappa shape index (κ1) is 20.8. The molecule has 4 rings (SSSR count). The lowest BCUT2D eigenvalue weighted by atomic mass is 10.1. The molecule has 1 amide bonds. The number of fused-ring (bicyclic) bond motifs is 1. The summed E-state index contributed by atoms with van der Waals surface area (Å²) in [6.07, 6.45) is 0. The van der Waals surface area contributed by atoms with Crippen molar-refractivity contribution in [2.75, 3.05) is 5.32 Å². The Hall–Kier alpha value is -3.45. The van der Waals surface area contributed by atoms with Gasteiger partial charge in [-0.05, 0) is 30.7 Å². The number of hydrogen-bond acceptors (Lipinski definition) is 5. The zero-order chi connectivity index (χ0) is 22.1. The van der Waals surface area contributed by atoms with Crippen LogP contribution in [0.25, 0.3) is 22.4 Å². The van der Waals surface area contributed by atoms with E-state index in [1.165, 1.54) is 10.6 Å². The Morgan fingerprint density at radius 2 is 1.97 bits per heavy atom. The average molecular weight is 437 g/mol. The lowest BCUT2D eigenvalue weighted by Crippen LogP contribution is -2.28. The molecule has 31 heavy (non-hydrogen) atoms. The number of aromatic nitrogens is 3. The molecule has 0 fully saturated rings. The third kappa shape index (κ3) is 4.09. The van der Waals surface area contributed by atoms with Gasteiger partial charge in [0, 0.05) is 28.1 Å². The van der Waals surface area contributed by atoms with Gasteiger partial charge in [0.25, 0.3) is 11.4 Å². The smallest absolute Gasteiger partial charge is 0.258 e. The highest BCUT2D eigenvalue weighted by molar-refractivity contribution is 6.31. The van der Waals surface area contributed by atoms with E-state index >= 15 is 0 Å². The van der Waals surface area contributed by atoms with Gasteiger partial charge < -0.3 is 9.84 Å². The number of pyridine rings is 1. The van der Waals surface area contributed by atoms with Crippen LogP contribution >= 0.6 is 11.6 Å². The molecule has 1 N–H and O–H groups in total. The van der Waals surface area contributed by atoms with Crippen LogP contribution in [0.2, 0.25) is 5.02 Å². The minimum absolute atomic E-state index is 0.0998. The molecule has 2 heterocycles. The first-order valence-electron chi connectivity index (χ1n) is 9.86. The second-order valence-corrected chi connectivity index (χ2v) is 7.98. The quantitative estimate of drug-likeness (QED) is 0.486. The van der Waals surface area contributed by atoms with Crippen LogP contribution < -0.4 is 10.9 Å². The van der Waals surface area contributed by atoms with Crippen molar-refractivity contribution in [3.05, 3.63) is 75.3 Å². The van der Waals surface area contributed by atoms with Gasteiger partial charge in [-0.3, -0.25) is 14.2 Å². The Labute approximate surface area is 183 Å². The highest BCUT2D eigenvalue weighted by atomic mass is 35.5. The van der Waals surface area contributed by atoms with E-state index in [2.05, 4.69) is 15.5 Å². The number of carbonyl (C=O) groups is 1. The van der Waals surface area contributed by atoms with Crippen molar-refractivity contribution in [3.63, 3.8) is 0 Å². The summed E-state index contributed by atoms with van der Waals surface area (Å²) in [5, 5.41) is 8.12. The lowest BCUT2D eigenvalue weighted by molar-refractivity contribution is -0.116. The van der Waals surface area contributed by atoms with Crippen LogP contribution in [-0.2, 0) is 11.3 Å². The maximum absolute atomic E-state index is 12.9. The number of benzene rings is 2. The molecule has 0 radical (unpaired) electrons. The SMILES string of the molecule is Cc1c(Cl)cccc1NC(=O)Cn1c(=O)cc(-c2nc(C(C)C)no2)c2ccccc21. The molecule has 4 aromatic rings. The van der Waals surface area contributed by atoms with E-state index in [1.807, 2.05) is 39.0 Å².